The minimum atomic E-state index is -3.10. The van der Waals surface area contributed by atoms with Gasteiger partial charge in [-0.25, -0.2) is 8.42 Å². The number of methoxy groups -OCH3 is 1. The molecule has 5 heteroatoms. The van der Waals surface area contributed by atoms with Crippen LogP contribution in [0.25, 0.3) is 0 Å². The fraction of sp³-hybridized carbons (Fsp3) is 0.538. The van der Waals surface area contributed by atoms with E-state index in [0.717, 1.165) is 12.0 Å². The van der Waals surface area contributed by atoms with E-state index in [1.54, 1.807) is 19.2 Å². The molecule has 102 valence electrons. The molecular weight excluding hydrogens is 316 g/mol. The Bertz CT molecular complexity index is 454. The molecule has 0 heterocycles. The second-order valence-electron chi connectivity index (χ2n) is 4.22. The predicted molar refractivity (Wildman–Crippen MR) is 77.1 cm³/mol. The third-order valence-electron chi connectivity index (χ3n) is 2.56. The van der Waals surface area contributed by atoms with Crippen LogP contribution in [0.4, 0.5) is 0 Å². The minimum Gasteiger partial charge on any atom is -0.384 e. The summed E-state index contributed by atoms with van der Waals surface area (Å²) in [6.45, 7) is 2.50. The van der Waals surface area contributed by atoms with E-state index in [1.165, 1.54) is 0 Å². The monoisotopic (exact) mass is 334 g/mol. The van der Waals surface area contributed by atoms with Crippen molar-refractivity contribution < 1.29 is 13.2 Å². The molecule has 0 amide bonds. The molecule has 0 N–H and O–H groups in total. The van der Waals surface area contributed by atoms with Crippen molar-refractivity contribution in [2.24, 2.45) is 0 Å². The highest BCUT2D eigenvalue weighted by Crippen LogP contribution is 2.16. The maximum Gasteiger partial charge on any atom is 0.178 e. The molecule has 1 rings (SSSR count). The maximum atomic E-state index is 11.8. The van der Waals surface area contributed by atoms with Crippen molar-refractivity contribution in [3.63, 3.8) is 0 Å². The average molecular weight is 335 g/mol. The van der Waals surface area contributed by atoms with Gasteiger partial charge < -0.3 is 4.74 Å². The van der Waals surface area contributed by atoms with E-state index in [-0.39, 0.29) is 10.6 Å². The molecule has 0 aliphatic carbocycles. The molecule has 0 aliphatic rings. The van der Waals surface area contributed by atoms with E-state index in [0.29, 0.717) is 17.9 Å². The molecule has 0 saturated heterocycles. The number of sulfone groups is 1. The largest absolute Gasteiger partial charge is 0.384 e. The Morgan fingerprint density at radius 1 is 1.28 bits per heavy atom. The van der Waals surface area contributed by atoms with Crippen LogP contribution in [0.2, 0.25) is 0 Å². The summed E-state index contributed by atoms with van der Waals surface area (Å²) in [4.78, 5) is 0.659. The summed E-state index contributed by atoms with van der Waals surface area (Å²) in [5.74, 6) is 0.205. The van der Waals surface area contributed by atoms with Gasteiger partial charge in [-0.05, 0) is 30.5 Å². The molecule has 1 aromatic rings. The van der Waals surface area contributed by atoms with Crippen molar-refractivity contribution in [3.05, 3.63) is 29.8 Å². The fourth-order valence-electron chi connectivity index (χ4n) is 1.71. The minimum absolute atomic E-state index is 0.205. The van der Waals surface area contributed by atoms with Gasteiger partial charge in [-0.15, -0.1) is 0 Å². The molecular formula is C13H19BrO3S. The van der Waals surface area contributed by atoms with Gasteiger partial charge in [0.25, 0.3) is 0 Å². The Labute approximate surface area is 118 Å². The lowest BCUT2D eigenvalue weighted by Crippen LogP contribution is -2.10. The highest BCUT2D eigenvalue weighted by molar-refractivity contribution is 9.09. The summed E-state index contributed by atoms with van der Waals surface area (Å²) < 4.78 is 28.7. The van der Waals surface area contributed by atoms with E-state index in [4.69, 9.17) is 4.74 Å². The quantitative estimate of drug-likeness (QED) is 0.720. The highest BCUT2D eigenvalue weighted by atomic mass is 79.9. The van der Waals surface area contributed by atoms with Crippen LogP contribution in [-0.4, -0.2) is 32.7 Å². The van der Waals surface area contributed by atoms with Crippen LogP contribution < -0.4 is 0 Å². The van der Waals surface area contributed by atoms with Crippen LogP contribution in [0.3, 0.4) is 0 Å². The lowest BCUT2D eigenvalue weighted by Gasteiger charge is -2.09. The van der Waals surface area contributed by atoms with Crippen molar-refractivity contribution in [1.29, 1.82) is 0 Å². The van der Waals surface area contributed by atoms with Crippen molar-refractivity contribution >= 4 is 25.8 Å². The van der Waals surface area contributed by atoms with Crippen molar-refractivity contribution in [2.45, 2.75) is 29.5 Å². The second-order valence-corrected chi connectivity index (χ2v) is 7.62. The molecule has 1 atom stereocenters. The first-order chi connectivity index (χ1) is 8.49. The van der Waals surface area contributed by atoms with Gasteiger partial charge in [0.1, 0.15) is 0 Å². The zero-order chi connectivity index (χ0) is 13.6. The Morgan fingerprint density at radius 2 is 1.89 bits per heavy atom. The molecule has 0 aliphatic heterocycles. The van der Waals surface area contributed by atoms with Crippen LogP contribution in [0.1, 0.15) is 18.9 Å². The van der Waals surface area contributed by atoms with Gasteiger partial charge in [-0.1, -0.05) is 35.0 Å². The van der Waals surface area contributed by atoms with Crippen LogP contribution in [0.15, 0.2) is 29.2 Å². The number of ether oxygens (including phenoxy) is 1. The average Bonchev–Trinajstić information content (AvgIpc) is 2.30. The van der Waals surface area contributed by atoms with E-state index in [2.05, 4.69) is 15.9 Å². The number of alkyl halides is 1. The highest BCUT2D eigenvalue weighted by Gasteiger charge is 2.13. The number of benzene rings is 1. The molecule has 1 aromatic carbocycles. The van der Waals surface area contributed by atoms with Gasteiger partial charge in [0, 0.05) is 11.9 Å². The standard InChI is InChI=1S/C13H19BrO3S/c1-3-8-18(15,16)13-6-4-11(5-7-13)9-12(14)10-17-2/h4-7,12H,3,8-10H2,1-2H3. The van der Waals surface area contributed by atoms with Crippen molar-refractivity contribution in [2.75, 3.05) is 19.5 Å². The third kappa shape index (κ3) is 4.71. The van der Waals surface area contributed by atoms with Gasteiger partial charge in [-0.3, -0.25) is 0 Å². The Hall–Kier alpha value is -0.390. The van der Waals surface area contributed by atoms with Crippen LogP contribution >= 0.6 is 15.9 Å². The van der Waals surface area contributed by atoms with E-state index in [1.807, 2.05) is 19.1 Å². The predicted octanol–water partition coefficient (Wildman–Crippen LogP) is 2.82. The first kappa shape index (κ1) is 15.7. The van der Waals surface area contributed by atoms with Crippen LogP contribution in [0.5, 0.6) is 0 Å². The number of hydrogen-bond acceptors (Lipinski definition) is 3. The normalized spacial score (nSPS) is 13.5. The molecule has 0 aromatic heterocycles. The fourth-order valence-corrected chi connectivity index (χ4v) is 3.68. The smallest absolute Gasteiger partial charge is 0.178 e. The summed E-state index contributed by atoms with van der Waals surface area (Å²) in [5.41, 5.74) is 1.10. The number of rotatable bonds is 7. The van der Waals surface area contributed by atoms with Gasteiger partial charge in [0.05, 0.1) is 17.3 Å². The second kappa shape index (κ2) is 7.26. The maximum absolute atomic E-state index is 11.8. The molecule has 0 bridgehead atoms. The lowest BCUT2D eigenvalue weighted by molar-refractivity contribution is 0.200. The summed E-state index contributed by atoms with van der Waals surface area (Å²) in [6.07, 6.45) is 1.46. The van der Waals surface area contributed by atoms with Gasteiger partial charge in [-0.2, -0.15) is 0 Å². The van der Waals surface area contributed by atoms with Crippen molar-refractivity contribution in [3.8, 4) is 0 Å². The zero-order valence-electron chi connectivity index (χ0n) is 10.7. The van der Waals surface area contributed by atoms with E-state index in [9.17, 15) is 8.42 Å². The first-order valence-electron chi connectivity index (χ1n) is 5.94. The third-order valence-corrected chi connectivity index (χ3v) is 5.08. The number of hydrogen-bond donors (Lipinski definition) is 0. The summed E-state index contributed by atoms with van der Waals surface area (Å²) >= 11 is 3.51. The Balaban J connectivity index is 2.74. The number of halogens is 1. The van der Waals surface area contributed by atoms with E-state index >= 15 is 0 Å². The molecule has 1 unspecified atom stereocenters. The SMILES string of the molecule is CCCS(=O)(=O)c1ccc(CC(Br)COC)cc1. The Morgan fingerprint density at radius 3 is 2.39 bits per heavy atom. The van der Waals surface area contributed by atoms with Gasteiger partial charge in [0.2, 0.25) is 0 Å². The molecule has 0 saturated carbocycles. The van der Waals surface area contributed by atoms with Crippen LogP contribution in [0, 0.1) is 0 Å². The molecule has 0 radical (unpaired) electrons. The lowest BCUT2D eigenvalue weighted by atomic mass is 10.1. The van der Waals surface area contributed by atoms with Gasteiger partial charge in [0.15, 0.2) is 9.84 Å². The van der Waals surface area contributed by atoms with Gasteiger partial charge >= 0.3 is 0 Å². The zero-order valence-corrected chi connectivity index (χ0v) is 13.1. The van der Waals surface area contributed by atoms with Crippen molar-refractivity contribution in [1.82, 2.24) is 0 Å². The molecule has 0 spiro atoms. The summed E-state index contributed by atoms with van der Waals surface area (Å²) in [5, 5.41) is 0. The molecule has 0 fully saturated rings. The first-order valence-corrected chi connectivity index (χ1v) is 8.51. The summed E-state index contributed by atoms with van der Waals surface area (Å²) in [6, 6.07) is 7.11. The Kier molecular flexibility index (Phi) is 6.32. The molecule has 3 nitrogen and oxygen atoms in total. The molecule has 18 heavy (non-hydrogen) atoms. The summed E-state index contributed by atoms with van der Waals surface area (Å²) in [7, 11) is -1.44. The van der Waals surface area contributed by atoms with E-state index < -0.39 is 9.84 Å². The topological polar surface area (TPSA) is 43.4 Å². The van der Waals surface area contributed by atoms with Crippen LogP contribution in [-0.2, 0) is 21.0 Å².